The Morgan fingerprint density at radius 3 is 1.25 bits per heavy atom. The summed E-state index contributed by atoms with van der Waals surface area (Å²) in [6.07, 6.45) is 5.74. The van der Waals surface area contributed by atoms with Crippen molar-refractivity contribution in [2.45, 2.75) is 222 Å². The highest BCUT2D eigenvalue weighted by Gasteiger charge is 2.42. The van der Waals surface area contributed by atoms with Crippen LogP contribution in [-0.2, 0) is 52.3 Å². The number of ether oxygens (including phenoxy) is 2. The van der Waals surface area contributed by atoms with Gasteiger partial charge in [-0.05, 0) is 207 Å². The first-order valence-electron chi connectivity index (χ1n) is 47.7. The number of rotatable bonds is 17. The highest BCUT2D eigenvalue weighted by atomic mass is 16.8. The number of phenolic OH excluding ortho intramolecular Hbond substituents is 4. The van der Waals surface area contributed by atoms with Crippen molar-refractivity contribution >= 4 is 44.6 Å². The summed E-state index contributed by atoms with van der Waals surface area (Å²) >= 11 is 0. The van der Waals surface area contributed by atoms with Gasteiger partial charge in [0.15, 0.2) is 17.8 Å². The maximum Gasteiger partial charge on any atom is 0.232 e. The van der Waals surface area contributed by atoms with Gasteiger partial charge in [0.25, 0.3) is 0 Å². The van der Waals surface area contributed by atoms with E-state index < -0.39 is 12.5 Å². The first-order chi connectivity index (χ1) is 65.1. The third-order valence-electron chi connectivity index (χ3n) is 26.2. The lowest BCUT2D eigenvalue weighted by Gasteiger charge is -2.36. The van der Waals surface area contributed by atoms with Gasteiger partial charge in [0.2, 0.25) is 18.7 Å². The molecule has 16 heteroatoms. The van der Waals surface area contributed by atoms with E-state index in [9.17, 15) is 20.4 Å². The summed E-state index contributed by atoms with van der Waals surface area (Å²) < 4.78 is 10.8. The quantitative estimate of drug-likeness (QED) is 0.0632. The largest absolute Gasteiger partial charge is 0.507 e. The summed E-state index contributed by atoms with van der Waals surface area (Å²) in [6, 6.07) is 97.3. The van der Waals surface area contributed by atoms with Gasteiger partial charge in [-0.15, -0.1) is 0 Å². The molecule has 1 aliphatic carbocycles. The van der Waals surface area contributed by atoms with Crippen molar-refractivity contribution in [3.63, 3.8) is 0 Å². The summed E-state index contributed by atoms with van der Waals surface area (Å²) in [5, 5.41) is 68.7. The molecule has 0 aromatic heterocycles. The van der Waals surface area contributed by atoms with Crippen LogP contribution < -0.4 is 4.74 Å². The van der Waals surface area contributed by atoms with Gasteiger partial charge < -0.3 is 59.1 Å². The van der Waals surface area contributed by atoms with E-state index >= 15 is 0 Å². The molecule has 14 aromatic carbocycles. The van der Waals surface area contributed by atoms with Gasteiger partial charge in [0, 0.05) is 75.7 Å². The van der Waals surface area contributed by atoms with Crippen LogP contribution in [0.3, 0.4) is 0 Å². The van der Waals surface area contributed by atoms with E-state index in [1.807, 2.05) is 153 Å². The van der Waals surface area contributed by atoms with Crippen LogP contribution in [0.2, 0.25) is 0 Å². The molecule has 0 saturated heterocycles. The molecule has 0 spiro atoms. The molecule has 4 atom stereocenters. The van der Waals surface area contributed by atoms with Crippen molar-refractivity contribution in [3.05, 3.63) is 374 Å². The maximum absolute atomic E-state index is 11.8. The number of aryl methyl sites for hydroxylation is 4. The van der Waals surface area contributed by atoms with E-state index in [0.717, 1.165) is 157 Å². The third-order valence-corrected chi connectivity index (χ3v) is 26.2. The highest BCUT2D eigenvalue weighted by Crippen LogP contribution is 2.50. The molecule has 1 fully saturated rings. The molecule has 5 aliphatic rings. The van der Waals surface area contributed by atoms with Gasteiger partial charge in [-0.2, -0.15) is 0 Å². The minimum atomic E-state index is -0.412. The molecule has 4 heterocycles. The Labute approximate surface area is 802 Å². The lowest BCUT2D eigenvalue weighted by Crippen LogP contribution is -2.41. The van der Waals surface area contributed by atoms with E-state index in [4.69, 9.17) is 28.8 Å². The second kappa shape index (κ2) is 40.3. The number of oxime groups is 4. The maximum atomic E-state index is 11.8. The molecule has 14 aromatic rings. The minimum Gasteiger partial charge on any atom is -0.507 e. The van der Waals surface area contributed by atoms with Crippen molar-refractivity contribution in [2.24, 2.45) is 20.6 Å². The summed E-state index contributed by atoms with van der Waals surface area (Å²) in [5.74, 6) is 3.13. The van der Waals surface area contributed by atoms with Crippen LogP contribution in [-0.4, -0.2) is 79.4 Å². The van der Waals surface area contributed by atoms with Gasteiger partial charge in [-0.1, -0.05) is 364 Å². The molecular formula is C120H128N6O10. The molecular weight excluding hydrogens is 1690 g/mol. The average Bonchev–Trinajstić information content (AvgIpc) is 1.06. The third kappa shape index (κ3) is 21.2. The van der Waals surface area contributed by atoms with E-state index in [2.05, 4.69) is 281 Å². The first-order valence-corrected chi connectivity index (χ1v) is 47.7. The molecule has 1 saturated carbocycles. The van der Waals surface area contributed by atoms with Crippen LogP contribution in [0.15, 0.2) is 306 Å². The lowest BCUT2D eigenvalue weighted by atomic mass is 9.81. The number of fused-ring (bicyclic) bond motifs is 2. The Kier molecular flexibility index (Phi) is 28.2. The number of methoxy groups -OCH3 is 1. The van der Waals surface area contributed by atoms with Crippen molar-refractivity contribution in [1.82, 2.24) is 9.80 Å². The van der Waals surface area contributed by atoms with E-state index in [1.54, 1.807) is 7.11 Å². The SMILES string of the molecule is CCOC1CC(c2cc(C(C)(C)C)cc(-c3c4ccccc4cc4ccccc34)c2O)=NO1.COc1ccc(C2CC(c3cc(C(C)(C)C)cc(-c4ccccc4)c3O)=NO2)cc1.Cc1cc(C)cc(-c2cc(C(C)(C)C)cc(C3=NOC(c4ccccc4)N3C3CCCCC3)c2O)c1.Cc1cc(C)cc(-c2cc(C(C)(C)C)cc(C3=NOC(c4ccccc4)N3Cc3ccccc3)c2O)c1. The van der Waals surface area contributed by atoms with Crippen molar-refractivity contribution in [1.29, 1.82) is 0 Å². The predicted molar refractivity (Wildman–Crippen MR) is 553 cm³/mol. The summed E-state index contributed by atoms with van der Waals surface area (Å²) in [7, 11) is 1.65. The zero-order valence-corrected chi connectivity index (χ0v) is 81.8. The van der Waals surface area contributed by atoms with Crippen LogP contribution >= 0.6 is 0 Å². The molecule has 4 N–H and O–H groups in total. The number of nitrogens with zero attached hydrogens (tertiary/aromatic N) is 6. The fourth-order valence-corrected chi connectivity index (χ4v) is 18.8. The van der Waals surface area contributed by atoms with E-state index in [-0.39, 0.29) is 57.0 Å². The fraction of sp³-hybridized carbons (Fsp3) is 0.300. The number of hydrogen-bond donors (Lipinski definition) is 4. The van der Waals surface area contributed by atoms with Crippen molar-refractivity contribution in [2.75, 3.05) is 13.7 Å². The standard InChI is InChI=1S/C33H34N2O2.C32H38N2O2.C29H29NO3.C26H27NO3/c1-22-16-23(2)18-26(17-22)28-19-27(33(3,4)5)20-29(30(28)36)31-34-37-32(25-14-10-7-11-15-25)35(31)21-24-12-8-6-9-13-24;1-21-16-22(2)18-24(17-21)27-19-25(32(3,4)5)20-28(29(27)35)30-33-36-31(23-12-8-6-9-13-23)34(30)26-14-10-7-11-15-26;1-5-32-26-17-25(30-33-26)23-15-20(29(2,3)4)16-24(28(23)31)27-21-12-8-6-10-18(21)14-19-11-7-9-13-22(19)27;1-26(2,3)19-14-21(17-8-6-5-7-9-17)25(28)22(15-19)23-16-24(30-27-23)18-10-12-20(29-4)13-11-18/h6-20,32,36H,21H2,1-5H3;6,8-9,12-13,16-20,26,31,35H,7,10-11,14-15H2,1-5H3;6-16,26,31H,5,17H2,1-4H3;5-15,24,28H,16H2,1-4H3. The lowest BCUT2D eigenvalue weighted by molar-refractivity contribution is -0.120. The summed E-state index contributed by atoms with van der Waals surface area (Å²) in [5.41, 5.74) is 24.8. The average molecular weight is 1810 g/mol. The predicted octanol–water partition coefficient (Wildman–Crippen LogP) is 29.2. The molecule has 4 unspecified atom stereocenters. The molecule has 698 valence electrons. The molecule has 0 radical (unpaired) electrons. The Bertz CT molecular complexity index is 6680. The Morgan fingerprint density at radius 2 is 0.757 bits per heavy atom. The number of hydrogen-bond acceptors (Lipinski definition) is 16. The van der Waals surface area contributed by atoms with Crippen LogP contribution in [0.1, 0.15) is 243 Å². The number of phenols is 4. The number of benzene rings is 14. The molecule has 0 amide bonds. The number of aromatic hydroxyl groups is 4. The molecule has 19 rings (SSSR count). The summed E-state index contributed by atoms with van der Waals surface area (Å²) in [6.45, 7) is 37.7. The number of amidine groups is 2. The van der Waals surface area contributed by atoms with Gasteiger partial charge in [0.1, 0.15) is 28.7 Å². The normalized spacial score (nSPS) is 16.7. The Morgan fingerprint density at radius 1 is 0.360 bits per heavy atom. The monoisotopic (exact) mass is 1810 g/mol. The van der Waals surface area contributed by atoms with Crippen LogP contribution in [0, 0.1) is 27.7 Å². The van der Waals surface area contributed by atoms with Crippen molar-refractivity contribution < 1.29 is 49.3 Å². The summed E-state index contributed by atoms with van der Waals surface area (Å²) in [4.78, 5) is 27.9. The Balaban J connectivity index is 0.000000132. The van der Waals surface area contributed by atoms with Crippen molar-refractivity contribution in [3.8, 4) is 73.3 Å². The molecule has 16 nitrogen and oxygen atoms in total. The fourth-order valence-electron chi connectivity index (χ4n) is 18.8. The Hall–Kier alpha value is -14.0. The topological polar surface area (TPSA) is 192 Å². The van der Waals surface area contributed by atoms with Gasteiger partial charge in [-0.25, -0.2) is 0 Å². The van der Waals surface area contributed by atoms with Gasteiger partial charge in [-0.3, -0.25) is 0 Å². The molecule has 4 aliphatic heterocycles. The molecule has 0 bridgehead atoms. The van der Waals surface area contributed by atoms with Gasteiger partial charge in [0.05, 0.1) is 36.1 Å². The zero-order valence-electron chi connectivity index (χ0n) is 81.8. The smallest absolute Gasteiger partial charge is 0.232 e. The van der Waals surface area contributed by atoms with E-state index in [0.29, 0.717) is 54.7 Å². The highest BCUT2D eigenvalue weighted by molar-refractivity contribution is 6.16. The van der Waals surface area contributed by atoms with Crippen LogP contribution in [0.25, 0.3) is 66.1 Å². The minimum absolute atomic E-state index is 0.0681. The zero-order chi connectivity index (χ0) is 96.1. The second-order valence-corrected chi connectivity index (χ2v) is 40.7. The van der Waals surface area contributed by atoms with Crippen LogP contribution in [0.4, 0.5) is 0 Å². The first kappa shape index (κ1) is 95.2. The van der Waals surface area contributed by atoms with Gasteiger partial charge >= 0.3 is 0 Å². The second-order valence-electron chi connectivity index (χ2n) is 40.7. The molecule has 136 heavy (non-hydrogen) atoms. The van der Waals surface area contributed by atoms with Crippen LogP contribution in [0.5, 0.6) is 28.7 Å². The van der Waals surface area contributed by atoms with E-state index in [1.165, 1.54) is 36.0 Å².